The first-order chi connectivity index (χ1) is 14.7. The molecule has 0 aromatic carbocycles. The molecule has 0 spiro atoms. The Morgan fingerprint density at radius 1 is 1.10 bits per heavy atom. The van der Waals surface area contributed by atoms with Gasteiger partial charge in [-0.3, -0.25) is 9.89 Å². The molecule has 0 bridgehead atoms. The van der Waals surface area contributed by atoms with E-state index in [9.17, 15) is 0 Å². The van der Waals surface area contributed by atoms with Crippen molar-refractivity contribution in [2.45, 2.75) is 39.7 Å². The third-order valence-electron chi connectivity index (χ3n) is 4.90. The van der Waals surface area contributed by atoms with Gasteiger partial charge in [-0.1, -0.05) is 13.3 Å². The van der Waals surface area contributed by atoms with Gasteiger partial charge in [0, 0.05) is 32.8 Å². The average molecular weight is 425 g/mol. The van der Waals surface area contributed by atoms with Crippen molar-refractivity contribution in [3.05, 3.63) is 23.7 Å². The van der Waals surface area contributed by atoms with Gasteiger partial charge >= 0.3 is 0 Å². The molecule has 8 heteroatoms. The summed E-state index contributed by atoms with van der Waals surface area (Å²) >= 11 is 0. The number of ether oxygens (including phenoxy) is 3. The van der Waals surface area contributed by atoms with Crippen molar-refractivity contribution in [2.75, 3.05) is 72.4 Å². The zero-order valence-electron chi connectivity index (χ0n) is 19.0. The Kier molecular flexibility index (Phi) is 12.5. The number of unbranched alkanes of at least 4 members (excludes halogenated alkanes) is 1. The van der Waals surface area contributed by atoms with Crippen LogP contribution in [0.4, 0.5) is 0 Å². The van der Waals surface area contributed by atoms with Gasteiger partial charge in [0.2, 0.25) is 0 Å². The molecule has 8 nitrogen and oxygen atoms in total. The molecule has 0 amide bonds. The molecular formula is C22H40N4O4. The van der Waals surface area contributed by atoms with Gasteiger partial charge < -0.3 is 29.3 Å². The summed E-state index contributed by atoms with van der Waals surface area (Å²) in [6.45, 7) is 14.3. The van der Waals surface area contributed by atoms with Crippen LogP contribution in [0.3, 0.4) is 0 Å². The third kappa shape index (κ3) is 9.47. The maximum Gasteiger partial charge on any atom is 0.191 e. The lowest BCUT2D eigenvalue weighted by Crippen LogP contribution is -2.42. The van der Waals surface area contributed by atoms with Crippen LogP contribution >= 0.6 is 0 Å². The summed E-state index contributed by atoms with van der Waals surface area (Å²) in [5.74, 6) is 2.68. The maximum absolute atomic E-state index is 5.93. The number of nitrogens with one attached hydrogen (secondary N) is 2. The second-order valence-corrected chi connectivity index (χ2v) is 7.34. The fraction of sp³-hybridized carbons (Fsp3) is 0.773. The van der Waals surface area contributed by atoms with Crippen molar-refractivity contribution < 1.29 is 18.6 Å². The molecule has 30 heavy (non-hydrogen) atoms. The van der Waals surface area contributed by atoms with Crippen LogP contribution in [-0.4, -0.2) is 83.2 Å². The summed E-state index contributed by atoms with van der Waals surface area (Å²) in [4.78, 5) is 7.20. The Morgan fingerprint density at radius 3 is 2.53 bits per heavy atom. The lowest BCUT2D eigenvalue weighted by molar-refractivity contribution is 0.0135. The first-order valence-corrected chi connectivity index (χ1v) is 11.3. The van der Waals surface area contributed by atoms with Crippen LogP contribution in [0.1, 0.15) is 44.3 Å². The minimum absolute atomic E-state index is 0.106. The summed E-state index contributed by atoms with van der Waals surface area (Å²) in [5, 5.41) is 6.65. The molecule has 0 radical (unpaired) electrons. The number of guanidine groups is 1. The highest BCUT2D eigenvalue weighted by Gasteiger charge is 2.25. The quantitative estimate of drug-likeness (QED) is 0.270. The first-order valence-electron chi connectivity index (χ1n) is 11.3. The van der Waals surface area contributed by atoms with E-state index in [4.69, 9.17) is 23.6 Å². The summed E-state index contributed by atoms with van der Waals surface area (Å²) in [6.07, 6.45) is 2.26. The van der Waals surface area contributed by atoms with Gasteiger partial charge in [0.1, 0.15) is 11.5 Å². The van der Waals surface area contributed by atoms with Gasteiger partial charge in [0.25, 0.3) is 0 Å². The van der Waals surface area contributed by atoms with Crippen LogP contribution in [0, 0.1) is 6.92 Å². The van der Waals surface area contributed by atoms with Crippen molar-refractivity contribution in [2.24, 2.45) is 4.99 Å². The van der Waals surface area contributed by atoms with E-state index in [1.54, 1.807) is 0 Å². The first kappa shape index (κ1) is 24.7. The number of aliphatic imine (C=N–C) groups is 1. The zero-order valence-corrected chi connectivity index (χ0v) is 19.0. The molecule has 1 aliphatic rings. The van der Waals surface area contributed by atoms with Crippen molar-refractivity contribution in [1.82, 2.24) is 15.5 Å². The Morgan fingerprint density at radius 2 is 1.87 bits per heavy atom. The molecule has 1 saturated heterocycles. The largest absolute Gasteiger partial charge is 0.465 e. The summed E-state index contributed by atoms with van der Waals surface area (Å²) in [7, 11) is 0. The van der Waals surface area contributed by atoms with E-state index in [2.05, 4.69) is 35.4 Å². The predicted molar refractivity (Wildman–Crippen MR) is 119 cm³/mol. The van der Waals surface area contributed by atoms with Crippen LogP contribution < -0.4 is 10.6 Å². The van der Waals surface area contributed by atoms with Crippen molar-refractivity contribution in [3.8, 4) is 0 Å². The van der Waals surface area contributed by atoms with E-state index in [1.165, 1.54) is 0 Å². The van der Waals surface area contributed by atoms with E-state index in [0.29, 0.717) is 32.9 Å². The van der Waals surface area contributed by atoms with Crippen LogP contribution in [0.2, 0.25) is 0 Å². The van der Waals surface area contributed by atoms with Gasteiger partial charge in [-0.25, -0.2) is 0 Å². The lowest BCUT2D eigenvalue weighted by atomic mass is 10.1. The zero-order chi connectivity index (χ0) is 21.4. The van der Waals surface area contributed by atoms with Crippen LogP contribution in [0.15, 0.2) is 21.5 Å². The predicted octanol–water partition coefficient (Wildman–Crippen LogP) is 2.35. The fourth-order valence-electron chi connectivity index (χ4n) is 3.24. The molecule has 0 aliphatic carbocycles. The Hall–Kier alpha value is -1.61. The van der Waals surface area contributed by atoms with Crippen LogP contribution in [0.5, 0.6) is 0 Å². The molecule has 2 heterocycles. The molecule has 1 aromatic heterocycles. The molecule has 0 saturated carbocycles. The molecule has 172 valence electrons. The molecule has 1 aliphatic heterocycles. The molecular weight excluding hydrogens is 384 g/mol. The smallest absolute Gasteiger partial charge is 0.191 e. The third-order valence-corrected chi connectivity index (χ3v) is 4.90. The van der Waals surface area contributed by atoms with Crippen molar-refractivity contribution >= 4 is 5.96 Å². The minimum Gasteiger partial charge on any atom is -0.465 e. The summed E-state index contributed by atoms with van der Waals surface area (Å²) in [6, 6.07) is 4.18. The van der Waals surface area contributed by atoms with Gasteiger partial charge in [-0.05, 0) is 32.4 Å². The molecule has 1 unspecified atom stereocenters. The van der Waals surface area contributed by atoms with Gasteiger partial charge in [-0.15, -0.1) is 0 Å². The van der Waals surface area contributed by atoms with E-state index < -0.39 is 0 Å². The normalized spacial score (nSPS) is 16.6. The van der Waals surface area contributed by atoms with Gasteiger partial charge in [-0.2, -0.15) is 0 Å². The fourth-order valence-corrected chi connectivity index (χ4v) is 3.24. The number of hydrogen-bond donors (Lipinski definition) is 2. The monoisotopic (exact) mass is 424 g/mol. The van der Waals surface area contributed by atoms with E-state index in [1.807, 2.05) is 13.0 Å². The highest BCUT2D eigenvalue weighted by molar-refractivity contribution is 5.79. The van der Waals surface area contributed by atoms with Gasteiger partial charge in [0.05, 0.1) is 45.6 Å². The standard InChI is InChI=1S/C22H40N4O4/c1-4-6-12-27-16-17-28-13-9-24-22(23-5-2)25-18-20(21-8-7-19(3)30-21)26-10-14-29-15-11-26/h7-8,20H,4-6,9-18H2,1-3H3,(H2,23,24,25). The van der Waals surface area contributed by atoms with E-state index >= 15 is 0 Å². The average Bonchev–Trinajstić information content (AvgIpc) is 3.19. The second kappa shape index (κ2) is 15.2. The number of nitrogens with zero attached hydrogens (tertiary/aromatic N) is 2. The summed E-state index contributed by atoms with van der Waals surface area (Å²) in [5.41, 5.74) is 0. The minimum atomic E-state index is 0.106. The molecule has 2 rings (SSSR count). The molecule has 1 atom stereocenters. The Bertz CT molecular complexity index is 587. The Labute approximate surface area is 181 Å². The van der Waals surface area contributed by atoms with Crippen molar-refractivity contribution in [1.29, 1.82) is 0 Å². The molecule has 1 fully saturated rings. The lowest BCUT2D eigenvalue weighted by Gasteiger charge is -2.32. The van der Waals surface area contributed by atoms with E-state index in [0.717, 1.165) is 69.8 Å². The summed E-state index contributed by atoms with van der Waals surface area (Å²) < 4.78 is 22.6. The van der Waals surface area contributed by atoms with E-state index in [-0.39, 0.29) is 6.04 Å². The second-order valence-electron chi connectivity index (χ2n) is 7.34. The molecule has 1 aromatic rings. The molecule has 2 N–H and O–H groups in total. The topological polar surface area (TPSA) is 80.5 Å². The SMILES string of the molecule is CCCCOCCOCCNC(=NCC(c1ccc(C)o1)N1CCOCC1)NCC. The Balaban J connectivity index is 1.80. The van der Waals surface area contributed by atoms with Gasteiger partial charge in [0.15, 0.2) is 5.96 Å². The highest BCUT2D eigenvalue weighted by Crippen LogP contribution is 2.24. The number of aryl methyl sites for hydroxylation is 1. The highest BCUT2D eigenvalue weighted by atomic mass is 16.5. The van der Waals surface area contributed by atoms with Crippen LogP contribution in [0.25, 0.3) is 0 Å². The number of morpholine rings is 1. The number of furan rings is 1. The number of hydrogen-bond acceptors (Lipinski definition) is 6. The number of rotatable bonds is 14. The maximum atomic E-state index is 5.93. The van der Waals surface area contributed by atoms with Crippen LogP contribution in [-0.2, 0) is 14.2 Å². The van der Waals surface area contributed by atoms with Crippen molar-refractivity contribution in [3.63, 3.8) is 0 Å².